The highest BCUT2D eigenvalue weighted by Gasteiger charge is 2.31. The Labute approximate surface area is 129 Å². The zero-order valence-corrected chi connectivity index (χ0v) is 12.6. The van der Waals surface area contributed by atoms with Crippen LogP contribution in [-0.2, 0) is 0 Å². The number of nitrogens with zero attached hydrogens (tertiary/aromatic N) is 3. The summed E-state index contributed by atoms with van der Waals surface area (Å²) in [6.45, 7) is 3.45. The van der Waals surface area contributed by atoms with Gasteiger partial charge in [-0.15, -0.1) is 0 Å². The molecule has 1 fully saturated rings. The fourth-order valence-corrected chi connectivity index (χ4v) is 3.09. The van der Waals surface area contributed by atoms with E-state index < -0.39 is 0 Å². The molecule has 2 aromatic rings. The average molecular weight is 300 g/mol. The van der Waals surface area contributed by atoms with Crippen LogP contribution in [0.5, 0.6) is 0 Å². The molecular formula is C16H20N4O2. The number of amides is 1. The van der Waals surface area contributed by atoms with E-state index in [-0.39, 0.29) is 11.9 Å². The van der Waals surface area contributed by atoms with Crippen molar-refractivity contribution in [3.05, 3.63) is 36.2 Å². The monoisotopic (exact) mass is 300 g/mol. The maximum absolute atomic E-state index is 12.7. The summed E-state index contributed by atoms with van der Waals surface area (Å²) < 4.78 is 4.73. The molecule has 2 heterocycles. The first-order chi connectivity index (χ1) is 10.7. The predicted octanol–water partition coefficient (Wildman–Crippen LogP) is 1.94. The minimum absolute atomic E-state index is 0.0432. The molecule has 2 atom stereocenters. The second-order valence-corrected chi connectivity index (χ2v) is 5.75. The van der Waals surface area contributed by atoms with Crippen molar-refractivity contribution in [3.8, 4) is 11.4 Å². The second-order valence-electron chi connectivity index (χ2n) is 5.75. The van der Waals surface area contributed by atoms with E-state index in [2.05, 4.69) is 17.1 Å². The van der Waals surface area contributed by atoms with Crippen LogP contribution in [0.25, 0.3) is 11.4 Å². The zero-order valence-electron chi connectivity index (χ0n) is 12.6. The normalized spacial score (nSPS) is 21.8. The van der Waals surface area contributed by atoms with Gasteiger partial charge in [0, 0.05) is 30.3 Å². The molecule has 0 unspecified atom stereocenters. The van der Waals surface area contributed by atoms with Crippen molar-refractivity contribution in [3.63, 3.8) is 0 Å². The van der Waals surface area contributed by atoms with Crippen molar-refractivity contribution in [1.29, 1.82) is 0 Å². The van der Waals surface area contributed by atoms with Crippen molar-refractivity contribution in [2.75, 3.05) is 13.1 Å². The van der Waals surface area contributed by atoms with Crippen molar-refractivity contribution >= 4 is 5.91 Å². The van der Waals surface area contributed by atoms with Crippen LogP contribution < -0.4 is 5.73 Å². The van der Waals surface area contributed by atoms with Gasteiger partial charge in [-0.2, -0.15) is 4.98 Å². The number of piperidine rings is 1. The van der Waals surface area contributed by atoms with Crippen molar-refractivity contribution in [2.45, 2.75) is 25.8 Å². The third-order valence-electron chi connectivity index (χ3n) is 4.37. The van der Waals surface area contributed by atoms with Gasteiger partial charge in [0.05, 0.1) is 0 Å². The number of hydrogen-bond acceptors (Lipinski definition) is 5. The number of rotatable bonds is 3. The first kappa shape index (κ1) is 14.7. The highest BCUT2D eigenvalue weighted by Crippen LogP contribution is 2.25. The fraction of sp³-hybridized carbons (Fsp3) is 0.438. The van der Waals surface area contributed by atoms with Crippen LogP contribution in [-0.4, -0.2) is 40.1 Å². The van der Waals surface area contributed by atoms with Crippen LogP contribution >= 0.6 is 0 Å². The molecule has 0 radical (unpaired) electrons. The highest BCUT2D eigenvalue weighted by molar-refractivity contribution is 5.95. The summed E-state index contributed by atoms with van der Waals surface area (Å²) in [6.07, 6.45) is 3.45. The van der Waals surface area contributed by atoms with Crippen LogP contribution in [0, 0.1) is 5.92 Å². The predicted molar refractivity (Wildman–Crippen MR) is 82.0 cm³/mol. The molecule has 0 bridgehead atoms. The van der Waals surface area contributed by atoms with E-state index in [4.69, 9.17) is 10.3 Å². The molecule has 1 aromatic carbocycles. The Balaban J connectivity index is 1.79. The maximum Gasteiger partial charge on any atom is 0.254 e. The Kier molecular flexibility index (Phi) is 4.20. The topological polar surface area (TPSA) is 85.2 Å². The zero-order chi connectivity index (χ0) is 15.5. The molecule has 0 saturated carbocycles. The summed E-state index contributed by atoms with van der Waals surface area (Å²) in [4.78, 5) is 18.6. The van der Waals surface area contributed by atoms with Crippen molar-refractivity contribution in [2.24, 2.45) is 11.7 Å². The molecular weight excluding hydrogens is 280 g/mol. The van der Waals surface area contributed by atoms with E-state index in [9.17, 15) is 4.79 Å². The molecule has 1 aliphatic rings. The van der Waals surface area contributed by atoms with Crippen molar-refractivity contribution in [1.82, 2.24) is 15.0 Å². The van der Waals surface area contributed by atoms with E-state index in [1.165, 1.54) is 6.39 Å². The van der Waals surface area contributed by atoms with Crippen LogP contribution in [0.1, 0.15) is 30.1 Å². The van der Waals surface area contributed by atoms with E-state index in [1.54, 1.807) is 12.1 Å². The van der Waals surface area contributed by atoms with Gasteiger partial charge in [0.25, 0.3) is 5.91 Å². The Bertz CT molecular complexity index is 624. The molecule has 1 aromatic heterocycles. The molecule has 6 nitrogen and oxygen atoms in total. The summed E-state index contributed by atoms with van der Waals surface area (Å²) in [7, 11) is 0. The van der Waals surface area contributed by atoms with E-state index in [0.29, 0.717) is 23.9 Å². The minimum Gasteiger partial charge on any atom is -0.342 e. The standard InChI is InChI=1S/C16H20N4O2/c1-11-3-2-8-20(14(11)9-17)16(21)13-6-4-12(5-7-13)15-18-10-22-19-15/h4-7,10-11,14H,2-3,8-9,17H2,1H3/t11-,14-/m0/s1. The lowest BCUT2D eigenvalue weighted by atomic mass is 9.90. The number of nitrogens with two attached hydrogens (primary N) is 1. The smallest absolute Gasteiger partial charge is 0.254 e. The van der Waals surface area contributed by atoms with Gasteiger partial charge in [0.15, 0.2) is 0 Å². The van der Waals surface area contributed by atoms with Gasteiger partial charge in [-0.1, -0.05) is 24.2 Å². The molecule has 1 aliphatic heterocycles. The van der Waals surface area contributed by atoms with Crippen LogP contribution in [0.3, 0.4) is 0 Å². The molecule has 2 N–H and O–H groups in total. The average Bonchev–Trinajstić information content (AvgIpc) is 3.08. The van der Waals surface area contributed by atoms with E-state index in [0.717, 1.165) is 24.9 Å². The number of carbonyl (C=O) groups is 1. The lowest BCUT2D eigenvalue weighted by Gasteiger charge is -2.39. The molecule has 1 amide bonds. The highest BCUT2D eigenvalue weighted by atomic mass is 16.5. The molecule has 0 aliphatic carbocycles. The third-order valence-corrected chi connectivity index (χ3v) is 4.37. The summed E-state index contributed by atoms with van der Waals surface area (Å²) >= 11 is 0. The minimum atomic E-state index is 0.0432. The molecule has 0 spiro atoms. The van der Waals surface area contributed by atoms with Gasteiger partial charge in [-0.3, -0.25) is 4.79 Å². The Morgan fingerprint density at radius 1 is 1.41 bits per heavy atom. The number of hydrogen-bond donors (Lipinski definition) is 1. The lowest BCUT2D eigenvalue weighted by Crippen LogP contribution is -2.51. The molecule has 22 heavy (non-hydrogen) atoms. The summed E-state index contributed by atoms with van der Waals surface area (Å²) in [5, 5.41) is 3.79. The number of carbonyl (C=O) groups excluding carboxylic acids is 1. The van der Waals surface area contributed by atoms with Crippen molar-refractivity contribution < 1.29 is 9.32 Å². The molecule has 116 valence electrons. The lowest BCUT2D eigenvalue weighted by molar-refractivity contribution is 0.0532. The third kappa shape index (κ3) is 2.74. The second kappa shape index (κ2) is 6.27. The van der Waals surface area contributed by atoms with Gasteiger partial charge >= 0.3 is 0 Å². The summed E-state index contributed by atoms with van der Waals surface area (Å²) in [5.41, 5.74) is 7.36. The molecule has 6 heteroatoms. The largest absolute Gasteiger partial charge is 0.342 e. The Hall–Kier alpha value is -2.21. The quantitative estimate of drug-likeness (QED) is 0.936. The van der Waals surface area contributed by atoms with Gasteiger partial charge in [0.2, 0.25) is 12.2 Å². The number of benzene rings is 1. The first-order valence-corrected chi connectivity index (χ1v) is 7.58. The van der Waals surface area contributed by atoms with Crippen LogP contribution in [0.15, 0.2) is 35.2 Å². The van der Waals surface area contributed by atoms with Gasteiger partial charge in [-0.05, 0) is 30.9 Å². The van der Waals surface area contributed by atoms with Crippen LogP contribution in [0.2, 0.25) is 0 Å². The fourth-order valence-electron chi connectivity index (χ4n) is 3.09. The number of aromatic nitrogens is 2. The van der Waals surface area contributed by atoms with E-state index in [1.807, 2.05) is 17.0 Å². The first-order valence-electron chi connectivity index (χ1n) is 7.58. The Morgan fingerprint density at radius 3 is 2.82 bits per heavy atom. The SMILES string of the molecule is C[C@H]1CCCN(C(=O)c2ccc(-c3ncon3)cc2)[C@H]1CN. The maximum atomic E-state index is 12.7. The summed E-state index contributed by atoms with van der Waals surface area (Å²) in [6, 6.07) is 7.41. The van der Waals surface area contributed by atoms with E-state index >= 15 is 0 Å². The van der Waals surface area contributed by atoms with Gasteiger partial charge < -0.3 is 15.2 Å². The molecule has 1 saturated heterocycles. The van der Waals surface area contributed by atoms with Crippen LogP contribution in [0.4, 0.5) is 0 Å². The number of likely N-dealkylation sites (tertiary alicyclic amines) is 1. The Morgan fingerprint density at radius 2 is 2.18 bits per heavy atom. The van der Waals surface area contributed by atoms with Gasteiger partial charge in [-0.25, -0.2) is 0 Å². The van der Waals surface area contributed by atoms with Gasteiger partial charge in [0.1, 0.15) is 0 Å². The molecule has 3 rings (SSSR count). The summed E-state index contributed by atoms with van der Waals surface area (Å²) in [5.74, 6) is 1.01.